The summed E-state index contributed by atoms with van der Waals surface area (Å²) in [6, 6.07) is 0. The fourth-order valence-corrected chi connectivity index (χ4v) is 0.926. The predicted molar refractivity (Wildman–Crippen MR) is 44.9 cm³/mol. The fraction of sp³-hybridized carbons (Fsp3) is 0.571. The van der Waals surface area contributed by atoms with Crippen LogP contribution < -0.4 is 0 Å². The van der Waals surface area contributed by atoms with Crippen molar-refractivity contribution in [2.45, 2.75) is 6.92 Å². The van der Waals surface area contributed by atoms with Gasteiger partial charge in [0.2, 0.25) is 5.91 Å². The Morgan fingerprint density at radius 3 is 2.70 bits per heavy atom. The minimum atomic E-state index is 0.0421. The van der Waals surface area contributed by atoms with Gasteiger partial charge in [-0.25, -0.2) is 0 Å². The molecule has 56 valence electrons. The van der Waals surface area contributed by atoms with Gasteiger partial charge in [-0.15, -0.1) is 6.42 Å². The van der Waals surface area contributed by atoms with Crippen molar-refractivity contribution in [1.29, 1.82) is 0 Å². The first kappa shape index (κ1) is 9.51. The standard InChI is InChI=1S/C7H10BrNO/c1-3-5-9(4-2)7(10)6-8/h1H,4-6H2,2H3. The molecule has 0 unspecified atom stereocenters. The van der Waals surface area contributed by atoms with Gasteiger partial charge in [-0.3, -0.25) is 4.79 Å². The SMILES string of the molecule is C#CCN(CC)C(=O)CBr. The molecule has 0 aromatic heterocycles. The average Bonchev–Trinajstić information content (AvgIpc) is 1.99. The van der Waals surface area contributed by atoms with Gasteiger partial charge in [-0.1, -0.05) is 21.9 Å². The molecule has 0 aromatic rings. The smallest absolute Gasteiger partial charge is 0.233 e. The van der Waals surface area contributed by atoms with E-state index in [1.807, 2.05) is 6.92 Å². The van der Waals surface area contributed by atoms with Crippen molar-refractivity contribution in [1.82, 2.24) is 4.90 Å². The molecule has 0 spiro atoms. The molecule has 3 heteroatoms. The van der Waals surface area contributed by atoms with Gasteiger partial charge in [0.1, 0.15) is 0 Å². The van der Waals surface area contributed by atoms with Crippen LogP contribution in [0.1, 0.15) is 6.92 Å². The molecular weight excluding hydrogens is 194 g/mol. The van der Waals surface area contributed by atoms with Gasteiger partial charge in [0.05, 0.1) is 11.9 Å². The molecular formula is C7H10BrNO. The number of hydrogen-bond acceptors (Lipinski definition) is 1. The maximum Gasteiger partial charge on any atom is 0.233 e. The molecule has 0 atom stereocenters. The third-order valence-electron chi connectivity index (χ3n) is 1.13. The minimum absolute atomic E-state index is 0.0421. The molecule has 0 rings (SSSR count). The van der Waals surface area contributed by atoms with E-state index < -0.39 is 0 Å². The maximum absolute atomic E-state index is 10.9. The number of terminal acetylenes is 1. The Balaban J connectivity index is 3.83. The highest BCUT2D eigenvalue weighted by Crippen LogP contribution is 1.91. The van der Waals surface area contributed by atoms with E-state index in [-0.39, 0.29) is 5.91 Å². The summed E-state index contributed by atoms with van der Waals surface area (Å²) in [4.78, 5) is 12.5. The van der Waals surface area contributed by atoms with Gasteiger partial charge < -0.3 is 4.90 Å². The van der Waals surface area contributed by atoms with E-state index in [1.54, 1.807) is 4.90 Å². The lowest BCUT2D eigenvalue weighted by Gasteiger charge is -2.15. The largest absolute Gasteiger partial charge is 0.331 e. The summed E-state index contributed by atoms with van der Waals surface area (Å²) < 4.78 is 0. The Kier molecular flexibility index (Phi) is 5.05. The second-order valence-corrected chi connectivity index (χ2v) is 2.31. The molecule has 0 heterocycles. The average molecular weight is 204 g/mol. The molecule has 2 nitrogen and oxygen atoms in total. The lowest BCUT2D eigenvalue weighted by atomic mass is 10.5. The summed E-state index contributed by atoms with van der Waals surface area (Å²) >= 11 is 3.07. The second-order valence-electron chi connectivity index (χ2n) is 1.75. The molecule has 0 N–H and O–H groups in total. The topological polar surface area (TPSA) is 20.3 Å². The minimum Gasteiger partial charge on any atom is -0.331 e. The van der Waals surface area contributed by atoms with Gasteiger partial charge in [0.15, 0.2) is 0 Å². The van der Waals surface area contributed by atoms with Gasteiger partial charge >= 0.3 is 0 Å². The van der Waals surface area contributed by atoms with Crippen molar-refractivity contribution in [3.05, 3.63) is 0 Å². The summed E-state index contributed by atoms with van der Waals surface area (Å²) in [6.07, 6.45) is 5.04. The normalized spacial score (nSPS) is 8.50. The molecule has 0 aliphatic rings. The van der Waals surface area contributed by atoms with Crippen molar-refractivity contribution in [3.63, 3.8) is 0 Å². The van der Waals surface area contributed by atoms with E-state index in [9.17, 15) is 4.79 Å². The highest BCUT2D eigenvalue weighted by Gasteiger charge is 2.06. The van der Waals surface area contributed by atoms with Crippen LogP contribution in [0.25, 0.3) is 0 Å². The van der Waals surface area contributed by atoms with Crippen LogP contribution >= 0.6 is 15.9 Å². The van der Waals surface area contributed by atoms with Crippen LogP contribution in [0.2, 0.25) is 0 Å². The number of halogens is 1. The Morgan fingerprint density at radius 2 is 2.40 bits per heavy atom. The van der Waals surface area contributed by atoms with E-state index in [0.717, 1.165) is 0 Å². The Morgan fingerprint density at radius 1 is 1.80 bits per heavy atom. The number of amides is 1. The number of alkyl halides is 1. The van der Waals surface area contributed by atoms with Crippen molar-refractivity contribution in [2.24, 2.45) is 0 Å². The first-order valence-electron chi connectivity index (χ1n) is 3.03. The maximum atomic E-state index is 10.9. The van der Waals surface area contributed by atoms with Crippen LogP contribution in [-0.2, 0) is 4.79 Å². The zero-order valence-electron chi connectivity index (χ0n) is 5.93. The van der Waals surface area contributed by atoms with Crippen molar-refractivity contribution < 1.29 is 4.79 Å². The molecule has 0 bridgehead atoms. The van der Waals surface area contributed by atoms with Gasteiger partial charge in [-0.05, 0) is 6.92 Å². The number of carbonyl (C=O) groups is 1. The molecule has 0 aliphatic heterocycles. The highest BCUT2D eigenvalue weighted by atomic mass is 79.9. The second kappa shape index (κ2) is 5.31. The van der Waals surface area contributed by atoms with E-state index in [0.29, 0.717) is 18.4 Å². The predicted octanol–water partition coefficient (Wildman–Crippen LogP) is 0.863. The monoisotopic (exact) mass is 203 g/mol. The summed E-state index contributed by atoms with van der Waals surface area (Å²) in [5, 5.41) is 0.350. The molecule has 1 amide bonds. The van der Waals surface area contributed by atoms with Crippen LogP contribution in [0, 0.1) is 12.3 Å². The first-order chi connectivity index (χ1) is 4.76. The Bertz CT molecular complexity index is 150. The van der Waals surface area contributed by atoms with Crippen LogP contribution in [-0.4, -0.2) is 29.2 Å². The van der Waals surface area contributed by atoms with Crippen LogP contribution in [0.4, 0.5) is 0 Å². The third kappa shape index (κ3) is 2.88. The van der Waals surface area contributed by atoms with E-state index in [2.05, 4.69) is 21.9 Å². The number of hydrogen-bond donors (Lipinski definition) is 0. The van der Waals surface area contributed by atoms with E-state index >= 15 is 0 Å². The molecule has 0 aliphatic carbocycles. The molecule has 10 heavy (non-hydrogen) atoms. The number of carbonyl (C=O) groups excluding carboxylic acids is 1. The molecule has 0 saturated heterocycles. The fourth-order valence-electron chi connectivity index (χ4n) is 0.571. The molecule has 0 aromatic carbocycles. The lowest BCUT2D eigenvalue weighted by Crippen LogP contribution is -2.31. The van der Waals surface area contributed by atoms with Crippen LogP contribution in [0.3, 0.4) is 0 Å². The Labute approximate surface area is 69.7 Å². The first-order valence-corrected chi connectivity index (χ1v) is 4.15. The molecule has 0 radical (unpaired) electrons. The quantitative estimate of drug-likeness (QED) is 0.493. The van der Waals surface area contributed by atoms with Gasteiger partial charge in [0, 0.05) is 6.54 Å². The summed E-state index contributed by atoms with van der Waals surface area (Å²) in [5.41, 5.74) is 0. The van der Waals surface area contributed by atoms with E-state index in [1.165, 1.54) is 0 Å². The van der Waals surface area contributed by atoms with E-state index in [4.69, 9.17) is 6.42 Å². The zero-order valence-corrected chi connectivity index (χ0v) is 7.52. The van der Waals surface area contributed by atoms with Crippen LogP contribution in [0.15, 0.2) is 0 Å². The van der Waals surface area contributed by atoms with Crippen molar-refractivity contribution >= 4 is 21.8 Å². The number of rotatable bonds is 3. The molecule has 0 fully saturated rings. The Hall–Kier alpha value is -0.490. The molecule has 0 saturated carbocycles. The third-order valence-corrected chi connectivity index (χ3v) is 1.61. The lowest BCUT2D eigenvalue weighted by molar-refractivity contribution is -0.127. The van der Waals surface area contributed by atoms with Crippen molar-refractivity contribution in [3.8, 4) is 12.3 Å². The zero-order chi connectivity index (χ0) is 7.98. The van der Waals surface area contributed by atoms with Crippen LogP contribution in [0.5, 0.6) is 0 Å². The van der Waals surface area contributed by atoms with Gasteiger partial charge in [0.25, 0.3) is 0 Å². The highest BCUT2D eigenvalue weighted by molar-refractivity contribution is 9.09. The van der Waals surface area contributed by atoms with Gasteiger partial charge in [-0.2, -0.15) is 0 Å². The summed E-state index contributed by atoms with van der Waals surface area (Å²) in [6.45, 7) is 2.98. The summed E-state index contributed by atoms with van der Waals surface area (Å²) in [7, 11) is 0. The van der Waals surface area contributed by atoms with Crippen molar-refractivity contribution in [2.75, 3.05) is 18.4 Å². The summed E-state index contributed by atoms with van der Waals surface area (Å²) in [5.74, 6) is 2.46. The number of nitrogens with zero attached hydrogens (tertiary/aromatic N) is 1.